The number of aromatic amines is 1. The largest absolute Gasteiger partial charge is 0.386 e. The van der Waals surface area contributed by atoms with Gasteiger partial charge in [0, 0.05) is 0 Å². The number of ether oxygens (including phenoxy) is 2. The van der Waals surface area contributed by atoms with Crippen LogP contribution in [-0.2, 0) is 36.7 Å². The standard InChI is InChI=1S/C20H22F2N10O9P2S/c21-8-6-1-36-42(34)40-12-7(39-18(9(12)22)31-4-27-10-14(23)25-3-26-15(10)31)2-37-43(35,44)41-13(8)19(38-6)32-5-28-11-16(32)29-20(24)30-17(11)33/h3-9,12-13,18-19,42H,1-2H2,(H,35,44)(H2,23,25,26)(H3,24,29,30,33)/t6-,7-,8+,9+,12-,13-,18-,19-,43?/m1/s1. The summed E-state index contributed by atoms with van der Waals surface area (Å²) >= 11 is 3.99. The van der Waals surface area contributed by atoms with Crippen molar-refractivity contribution in [3.05, 3.63) is 29.3 Å². The van der Waals surface area contributed by atoms with Crippen molar-refractivity contribution in [2.24, 2.45) is 0 Å². The molecule has 0 amide bonds. The fourth-order valence-corrected chi connectivity index (χ4v) is 7.51. The molecule has 0 spiro atoms. The Morgan fingerprint density at radius 2 is 1.70 bits per heavy atom. The van der Waals surface area contributed by atoms with Crippen LogP contribution in [0.4, 0.5) is 20.5 Å². The van der Waals surface area contributed by atoms with Crippen molar-refractivity contribution in [3.8, 4) is 0 Å². The van der Waals surface area contributed by atoms with Crippen LogP contribution in [0.5, 0.6) is 0 Å². The summed E-state index contributed by atoms with van der Waals surface area (Å²) in [6.07, 6.45) is -9.49. The van der Waals surface area contributed by atoms with E-state index in [1.165, 1.54) is 10.9 Å². The van der Waals surface area contributed by atoms with E-state index in [4.69, 9.17) is 39.0 Å². The van der Waals surface area contributed by atoms with Crippen molar-refractivity contribution in [2.45, 2.75) is 49.2 Å². The zero-order valence-electron chi connectivity index (χ0n) is 21.9. The summed E-state index contributed by atoms with van der Waals surface area (Å²) in [5.41, 5.74) is 10.9. The molecule has 3 saturated heterocycles. The first-order valence-corrected chi connectivity index (χ1v) is 16.7. The number of nitrogens with two attached hydrogens (primary N) is 2. The first-order valence-electron chi connectivity index (χ1n) is 12.7. The first-order chi connectivity index (χ1) is 21.0. The Hall–Kier alpha value is -3.07. The number of hydrogen-bond acceptors (Lipinski definition) is 16. The van der Waals surface area contributed by atoms with E-state index in [1.807, 2.05) is 0 Å². The van der Waals surface area contributed by atoms with E-state index in [1.54, 1.807) is 0 Å². The van der Waals surface area contributed by atoms with Gasteiger partial charge >= 0.3 is 15.1 Å². The van der Waals surface area contributed by atoms with Gasteiger partial charge in [-0.15, -0.1) is 0 Å². The van der Waals surface area contributed by atoms with Gasteiger partial charge in [0.05, 0.1) is 25.9 Å². The predicted octanol–water partition coefficient (Wildman–Crippen LogP) is 0.840. The van der Waals surface area contributed by atoms with Gasteiger partial charge in [0.2, 0.25) is 5.95 Å². The summed E-state index contributed by atoms with van der Waals surface area (Å²) in [6, 6.07) is 0. The molecule has 19 nitrogen and oxygen atoms in total. The molecule has 7 heterocycles. The molecule has 3 aliphatic rings. The predicted molar refractivity (Wildman–Crippen MR) is 147 cm³/mol. The molecule has 44 heavy (non-hydrogen) atoms. The lowest BCUT2D eigenvalue weighted by Gasteiger charge is -2.25. The zero-order valence-corrected chi connectivity index (χ0v) is 24.7. The van der Waals surface area contributed by atoms with E-state index in [9.17, 15) is 13.9 Å². The SMILES string of the molecule is Nc1nc2c(ncn2[C@@H]2O[C@@H]3CO[PH](=O)O[C@H]4[C@H](F)[C@H](n5cnc6c(N)ncnc65)O[C@@H]4COP(=O)(S)O[C@@H]2[C@H]3F)c(=O)[nH]1. The van der Waals surface area contributed by atoms with E-state index >= 15 is 8.78 Å². The molecule has 0 saturated carbocycles. The molecule has 236 valence electrons. The lowest BCUT2D eigenvalue weighted by atomic mass is 10.1. The number of nitrogens with one attached hydrogen (secondary N) is 1. The summed E-state index contributed by atoms with van der Waals surface area (Å²) in [4.78, 5) is 34.5. The second kappa shape index (κ2) is 11.1. The number of halogens is 2. The molecule has 4 aromatic heterocycles. The molecular weight excluding hydrogens is 656 g/mol. The van der Waals surface area contributed by atoms with Crippen LogP contribution in [0.3, 0.4) is 0 Å². The Balaban J connectivity index is 1.18. The van der Waals surface area contributed by atoms with Crippen molar-refractivity contribution < 1.29 is 45.5 Å². The highest BCUT2D eigenvalue weighted by atomic mass is 32.7. The summed E-state index contributed by atoms with van der Waals surface area (Å²) < 4.78 is 93.3. The molecule has 2 unspecified atom stereocenters. The van der Waals surface area contributed by atoms with Crippen molar-refractivity contribution in [1.82, 2.24) is 39.0 Å². The summed E-state index contributed by atoms with van der Waals surface area (Å²) in [7, 11) is -3.51. The molecule has 5 N–H and O–H groups in total. The molecule has 0 aromatic carbocycles. The number of nitrogen functional groups attached to an aromatic ring is 2. The number of imidazole rings is 2. The number of alkyl halides is 2. The van der Waals surface area contributed by atoms with Gasteiger partial charge in [0.1, 0.15) is 36.3 Å². The van der Waals surface area contributed by atoms with Gasteiger partial charge < -0.3 is 30.0 Å². The molecule has 3 fully saturated rings. The maximum atomic E-state index is 15.8. The third-order valence-electron chi connectivity index (χ3n) is 7.17. The maximum Gasteiger partial charge on any atom is 0.386 e. The van der Waals surface area contributed by atoms with Gasteiger partial charge in [0.15, 0.2) is 47.4 Å². The van der Waals surface area contributed by atoms with Crippen molar-refractivity contribution in [1.29, 1.82) is 0 Å². The van der Waals surface area contributed by atoms with Crippen LogP contribution in [0, 0.1) is 0 Å². The van der Waals surface area contributed by atoms with Gasteiger partial charge in [-0.1, -0.05) is 12.2 Å². The molecule has 24 heteroatoms. The molecular formula is C20H22F2N10O9P2S. The van der Waals surface area contributed by atoms with Gasteiger partial charge in [-0.25, -0.2) is 33.3 Å². The Labute approximate surface area is 249 Å². The van der Waals surface area contributed by atoms with Gasteiger partial charge in [0.25, 0.3) is 5.56 Å². The fourth-order valence-electron chi connectivity index (χ4n) is 5.19. The topological polar surface area (TPSA) is 249 Å². The van der Waals surface area contributed by atoms with Crippen LogP contribution >= 0.6 is 27.3 Å². The van der Waals surface area contributed by atoms with Gasteiger partial charge in [-0.3, -0.25) is 32.5 Å². The van der Waals surface area contributed by atoms with Crippen LogP contribution in [-0.4, -0.2) is 89.0 Å². The number of H-pyrrole nitrogens is 1. The molecule has 10 atom stereocenters. The number of fused-ring (bicyclic) bond motifs is 5. The summed E-state index contributed by atoms with van der Waals surface area (Å²) in [5.74, 6) is -0.209. The lowest BCUT2D eigenvalue weighted by molar-refractivity contribution is -0.0559. The smallest absolute Gasteiger partial charge is 0.382 e. The average molecular weight is 678 g/mol. The van der Waals surface area contributed by atoms with Crippen molar-refractivity contribution >= 4 is 61.4 Å². The lowest BCUT2D eigenvalue weighted by Crippen LogP contribution is -2.33. The van der Waals surface area contributed by atoms with Gasteiger partial charge in [-0.2, -0.15) is 4.98 Å². The second-order valence-electron chi connectivity index (χ2n) is 9.86. The highest BCUT2D eigenvalue weighted by Crippen LogP contribution is 2.58. The van der Waals surface area contributed by atoms with Crippen LogP contribution in [0.1, 0.15) is 12.5 Å². The minimum Gasteiger partial charge on any atom is -0.382 e. The molecule has 2 bridgehead atoms. The fraction of sp³-hybridized carbons (Fsp3) is 0.500. The third-order valence-corrected chi connectivity index (χ3v) is 9.65. The number of nitrogens with zero attached hydrogens (tertiary/aromatic N) is 7. The highest BCUT2D eigenvalue weighted by molar-refractivity contribution is 8.44. The van der Waals surface area contributed by atoms with Gasteiger partial charge in [-0.05, 0) is 0 Å². The molecule has 4 aromatic rings. The Morgan fingerprint density at radius 3 is 2.50 bits per heavy atom. The van der Waals surface area contributed by atoms with E-state index in [0.717, 1.165) is 17.2 Å². The first kappa shape index (κ1) is 29.6. The summed E-state index contributed by atoms with van der Waals surface area (Å²) in [6.45, 7) is -5.78. The maximum absolute atomic E-state index is 15.8. The van der Waals surface area contributed by atoms with E-state index in [-0.39, 0.29) is 34.1 Å². The number of rotatable bonds is 2. The Bertz CT molecular complexity index is 1880. The normalized spacial score (nSPS) is 36.6. The van der Waals surface area contributed by atoms with Crippen molar-refractivity contribution in [3.63, 3.8) is 0 Å². The number of anilines is 2. The number of thiol groups is 1. The quantitative estimate of drug-likeness (QED) is 0.169. The second-order valence-corrected chi connectivity index (χ2v) is 13.8. The van der Waals surface area contributed by atoms with E-state index < -0.39 is 83.0 Å². The summed E-state index contributed by atoms with van der Waals surface area (Å²) in [5, 5.41) is 0. The van der Waals surface area contributed by atoms with E-state index in [0.29, 0.717) is 0 Å². The van der Waals surface area contributed by atoms with Crippen molar-refractivity contribution in [2.75, 3.05) is 24.7 Å². The monoisotopic (exact) mass is 678 g/mol. The minimum absolute atomic E-state index is 0.0481. The van der Waals surface area contributed by atoms with E-state index in [2.05, 4.69) is 42.2 Å². The molecule has 7 rings (SSSR count). The number of hydrogen-bond donors (Lipinski definition) is 4. The minimum atomic E-state index is -4.46. The van der Waals surface area contributed by atoms with Crippen LogP contribution in [0.25, 0.3) is 22.3 Å². The van der Waals surface area contributed by atoms with Crippen LogP contribution in [0.2, 0.25) is 0 Å². The molecule has 0 aliphatic carbocycles. The number of aromatic nitrogens is 8. The molecule has 3 aliphatic heterocycles. The average Bonchev–Trinajstić information content (AvgIpc) is 3.72. The van der Waals surface area contributed by atoms with Crippen LogP contribution < -0.4 is 17.0 Å². The van der Waals surface area contributed by atoms with Crippen LogP contribution in [0.15, 0.2) is 23.8 Å². The zero-order chi connectivity index (χ0) is 30.9. The molecule has 0 radical (unpaired) electrons. The highest BCUT2D eigenvalue weighted by Gasteiger charge is 2.53. The Kier molecular flexibility index (Phi) is 7.46. The Morgan fingerprint density at radius 1 is 0.977 bits per heavy atom. The third kappa shape index (κ3) is 5.09.